The van der Waals surface area contributed by atoms with Gasteiger partial charge in [-0.1, -0.05) is 104 Å². The fourth-order valence-electron chi connectivity index (χ4n) is 4.07. The SMILES string of the molecule is CCCC(C)(PCl)c1cc(Cc2ccccc2)cc(Cc2ccccc2)c1OCOC. The summed E-state index contributed by atoms with van der Waals surface area (Å²) in [5.74, 6) is 0.923. The van der Waals surface area contributed by atoms with E-state index in [1.54, 1.807) is 7.11 Å². The summed E-state index contributed by atoms with van der Waals surface area (Å²) >= 11 is 6.59. The smallest absolute Gasteiger partial charge is 0.188 e. The van der Waals surface area contributed by atoms with Crippen molar-refractivity contribution in [2.45, 2.75) is 44.7 Å². The topological polar surface area (TPSA) is 18.5 Å². The van der Waals surface area contributed by atoms with Crippen LogP contribution in [-0.4, -0.2) is 13.9 Å². The summed E-state index contributed by atoms with van der Waals surface area (Å²) in [7, 11) is 1.93. The first kappa shape index (κ1) is 23.8. The molecule has 0 fully saturated rings. The van der Waals surface area contributed by atoms with Crippen molar-refractivity contribution in [1.82, 2.24) is 0 Å². The Labute approximate surface area is 193 Å². The van der Waals surface area contributed by atoms with Crippen molar-refractivity contribution in [3.05, 3.63) is 101 Å². The summed E-state index contributed by atoms with van der Waals surface area (Å²) < 4.78 is 11.5. The fraction of sp³-hybridized carbons (Fsp3) is 0.333. The quantitative estimate of drug-likeness (QED) is 0.218. The summed E-state index contributed by atoms with van der Waals surface area (Å²) in [5.41, 5.74) is 6.23. The zero-order valence-electron chi connectivity index (χ0n) is 18.7. The molecular weight excluding hydrogens is 423 g/mol. The number of hydrogen-bond acceptors (Lipinski definition) is 2. The summed E-state index contributed by atoms with van der Waals surface area (Å²) in [4.78, 5) is 0. The Morgan fingerprint density at radius 3 is 2.03 bits per heavy atom. The second-order valence-electron chi connectivity index (χ2n) is 8.18. The molecule has 0 aliphatic carbocycles. The Bertz CT molecular complexity index is 946. The fourth-order valence-corrected chi connectivity index (χ4v) is 5.29. The van der Waals surface area contributed by atoms with Gasteiger partial charge in [0.05, 0.1) is 0 Å². The second kappa shape index (κ2) is 11.7. The molecule has 2 unspecified atom stereocenters. The van der Waals surface area contributed by atoms with E-state index in [0.29, 0.717) is 0 Å². The second-order valence-corrected chi connectivity index (χ2v) is 10.0. The lowest BCUT2D eigenvalue weighted by molar-refractivity contribution is 0.0493. The van der Waals surface area contributed by atoms with Crippen LogP contribution in [0.2, 0.25) is 0 Å². The van der Waals surface area contributed by atoms with E-state index in [-0.39, 0.29) is 19.9 Å². The predicted octanol–water partition coefficient (Wildman–Crippen LogP) is 7.70. The molecule has 0 aliphatic heterocycles. The Balaban J connectivity index is 2.14. The van der Waals surface area contributed by atoms with Crippen LogP contribution in [0.1, 0.15) is 54.5 Å². The molecule has 0 spiro atoms. The minimum Gasteiger partial charge on any atom is -0.467 e. The van der Waals surface area contributed by atoms with Crippen molar-refractivity contribution in [1.29, 1.82) is 0 Å². The van der Waals surface area contributed by atoms with E-state index in [0.717, 1.165) is 31.4 Å². The van der Waals surface area contributed by atoms with Gasteiger partial charge in [0.2, 0.25) is 0 Å². The summed E-state index contributed by atoms with van der Waals surface area (Å²) in [5, 5.41) is -0.141. The highest BCUT2D eigenvalue weighted by molar-refractivity contribution is 7.69. The molecule has 0 heterocycles. The lowest BCUT2D eigenvalue weighted by Gasteiger charge is -2.31. The molecule has 3 aromatic carbocycles. The van der Waals surface area contributed by atoms with Crippen LogP contribution in [0.4, 0.5) is 0 Å². The van der Waals surface area contributed by atoms with Gasteiger partial charge in [-0.25, -0.2) is 0 Å². The van der Waals surface area contributed by atoms with Crippen LogP contribution in [0.15, 0.2) is 72.8 Å². The molecule has 2 atom stereocenters. The maximum atomic E-state index is 6.59. The number of halogens is 1. The third-order valence-electron chi connectivity index (χ3n) is 5.59. The van der Waals surface area contributed by atoms with Gasteiger partial charge in [0.1, 0.15) is 5.75 Å². The summed E-state index contributed by atoms with van der Waals surface area (Å²) in [6.07, 6.45) is 3.77. The molecule has 0 N–H and O–H groups in total. The lowest BCUT2D eigenvalue weighted by atomic mass is 9.88. The molecule has 0 bridgehead atoms. The minimum atomic E-state index is -0.141. The van der Waals surface area contributed by atoms with Crippen LogP contribution in [-0.2, 0) is 22.7 Å². The lowest BCUT2D eigenvalue weighted by Crippen LogP contribution is -2.18. The van der Waals surface area contributed by atoms with Gasteiger partial charge in [0.25, 0.3) is 0 Å². The Morgan fingerprint density at radius 1 is 0.871 bits per heavy atom. The highest BCUT2D eigenvalue weighted by Gasteiger charge is 2.30. The normalized spacial score (nSPS) is 13.4. The molecule has 0 amide bonds. The molecule has 0 saturated carbocycles. The van der Waals surface area contributed by atoms with E-state index in [2.05, 4.69) is 86.6 Å². The molecule has 0 aromatic heterocycles. The molecule has 0 aliphatic rings. The van der Waals surface area contributed by atoms with Crippen molar-refractivity contribution in [2.24, 2.45) is 0 Å². The Morgan fingerprint density at radius 2 is 1.48 bits per heavy atom. The van der Waals surface area contributed by atoms with Gasteiger partial charge in [-0.2, -0.15) is 0 Å². The Hall–Kier alpha value is -1.86. The monoisotopic (exact) mass is 454 g/mol. The highest BCUT2D eigenvalue weighted by Crippen LogP contribution is 2.52. The minimum absolute atomic E-state index is 0.141. The van der Waals surface area contributed by atoms with Crippen molar-refractivity contribution in [3.63, 3.8) is 0 Å². The number of benzene rings is 3. The van der Waals surface area contributed by atoms with Gasteiger partial charge >= 0.3 is 0 Å². The van der Waals surface area contributed by atoms with Crippen LogP contribution in [0, 0.1) is 0 Å². The molecule has 0 saturated heterocycles. The average molecular weight is 455 g/mol. The van der Waals surface area contributed by atoms with Gasteiger partial charge in [-0.05, 0) is 43.0 Å². The number of methoxy groups -OCH3 is 1. The first-order chi connectivity index (χ1) is 15.1. The van der Waals surface area contributed by atoms with E-state index in [9.17, 15) is 0 Å². The van der Waals surface area contributed by atoms with E-state index >= 15 is 0 Å². The van der Waals surface area contributed by atoms with Gasteiger partial charge in [0, 0.05) is 24.3 Å². The summed E-state index contributed by atoms with van der Waals surface area (Å²) in [6, 6.07) is 25.8. The third-order valence-corrected chi connectivity index (χ3v) is 7.78. The molecule has 0 radical (unpaired) electrons. The molecule has 164 valence electrons. The van der Waals surface area contributed by atoms with E-state index in [1.165, 1.54) is 27.8 Å². The van der Waals surface area contributed by atoms with Gasteiger partial charge in [-0.3, -0.25) is 0 Å². The first-order valence-electron chi connectivity index (χ1n) is 10.8. The van der Waals surface area contributed by atoms with Gasteiger partial charge < -0.3 is 9.47 Å². The zero-order valence-corrected chi connectivity index (χ0v) is 20.4. The van der Waals surface area contributed by atoms with Crippen molar-refractivity contribution in [3.8, 4) is 5.75 Å². The molecule has 2 nitrogen and oxygen atoms in total. The van der Waals surface area contributed by atoms with Crippen LogP contribution in [0.5, 0.6) is 5.75 Å². The van der Waals surface area contributed by atoms with Crippen molar-refractivity contribution < 1.29 is 9.47 Å². The van der Waals surface area contributed by atoms with E-state index in [4.69, 9.17) is 20.7 Å². The predicted molar refractivity (Wildman–Crippen MR) is 134 cm³/mol. The highest BCUT2D eigenvalue weighted by atomic mass is 35.7. The van der Waals surface area contributed by atoms with Crippen molar-refractivity contribution >= 4 is 19.2 Å². The molecule has 3 rings (SSSR count). The number of ether oxygens (including phenoxy) is 2. The largest absolute Gasteiger partial charge is 0.467 e. The van der Waals surface area contributed by atoms with Gasteiger partial charge in [0.15, 0.2) is 6.79 Å². The maximum absolute atomic E-state index is 6.59. The van der Waals surface area contributed by atoms with Crippen LogP contribution < -0.4 is 4.74 Å². The third kappa shape index (κ3) is 6.32. The summed E-state index contributed by atoms with van der Waals surface area (Å²) in [6.45, 7) is 4.69. The average Bonchev–Trinajstić information content (AvgIpc) is 2.79. The van der Waals surface area contributed by atoms with Crippen LogP contribution in [0.25, 0.3) is 0 Å². The van der Waals surface area contributed by atoms with Crippen molar-refractivity contribution in [2.75, 3.05) is 13.9 Å². The van der Waals surface area contributed by atoms with Gasteiger partial charge in [-0.15, -0.1) is 0 Å². The molecular formula is C27H32ClO2P. The number of hydrogen-bond donors (Lipinski definition) is 0. The Kier molecular flexibility index (Phi) is 8.96. The standard InChI is InChI=1S/C27H32ClO2P/c1-4-15-27(2,31-28)25-19-23(16-21-11-7-5-8-12-21)18-24(26(25)30-20-29-3)17-22-13-9-6-10-14-22/h5-14,18-19,31H,4,15-17,20H2,1-3H3. The van der Waals surface area contributed by atoms with Crippen LogP contribution >= 0.6 is 19.2 Å². The van der Waals surface area contributed by atoms with E-state index in [1.807, 2.05) is 0 Å². The molecule has 31 heavy (non-hydrogen) atoms. The van der Waals surface area contributed by atoms with Crippen LogP contribution in [0.3, 0.4) is 0 Å². The zero-order chi connectivity index (χ0) is 22.1. The van der Waals surface area contributed by atoms with E-state index < -0.39 is 0 Å². The number of rotatable bonds is 11. The molecule has 4 heteroatoms. The maximum Gasteiger partial charge on any atom is 0.188 e. The molecule has 3 aromatic rings. The first-order valence-corrected chi connectivity index (χ1v) is 12.8.